The molecule has 0 spiro atoms. The van der Waals surface area contributed by atoms with E-state index in [1.165, 1.54) is 151 Å². The van der Waals surface area contributed by atoms with Crippen molar-refractivity contribution >= 4 is 119 Å². The lowest BCUT2D eigenvalue weighted by atomic mass is 9.77. The van der Waals surface area contributed by atoms with Crippen LogP contribution in [-0.4, -0.2) is 32.3 Å². The van der Waals surface area contributed by atoms with Gasteiger partial charge in [0, 0.05) is 33.5 Å². The second-order valence-electron chi connectivity index (χ2n) is 25.6. The maximum atomic E-state index is 2.66. The molecule has 2 saturated carbocycles. The normalized spacial score (nSPS) is 15.9. The van der Waals surface area contributed by atoms with Crippen molar-refractivity contribution in [1.29, 1.82) is 0 Å². The molecular weight excluding hydrogens is 909 g/mol. The van der Waals surface area contributed by atoms with Crippen molar-refractivity contribution in [2.24, 2.45) is 0 Å². The summed E-state index contributed by atoms with van der Waals surface area (Å²) in [5.41, 5.74) is 10.7. The highest BCUT2D eigenvalue weighted by Crippen LogP contribution is 2.53. The van der Waals surface area contributed by atoms with Gasteiger partial charge in [0.25, 0.3) is 0 Å². The fraction of sp³-hybridized carbons (Fsp3) is 0.375. The highest BCUT2D eigenvalue weighted by atomic mass is 28.3. The van der Waals surface area contributed by atoms with Crippen LogP contribution in [-0.2, 0) is 0 Å². The molecule has 70 heavy (non-hydrogen) atoms. The molecule has 0 aliphatic heterocycles. The lowest BCUT2D eigenvalue weighted by Gasteiger charge is -2.34. The standard InChI is InChI=1S/C64H80N2Si4/c1-67(2,3)51-31-23-47(24-32-51)65(48-25-33-52(34-26-48)68(4,5)6)61-43-59(45-19-15-13-16-20-45)55-40-42-58-62(44-60(46-21-17-14-18-22-46)56-39-41-57(61)63(55)64(56)58)66(49-27-35-53(36-28-49)69(7,8)9)50-29-37-54(38-30-50)70(10,11)12/h23-46H,13-22H2,1-12H3. The van der Waals surface area contributed by atoms with E-state index in [-0.39, 0.29) is 0 Å². The van der Waals surface area contributed by atoms with Crippen molar-refractivity contribution in [3.05, 3.63) is 145 Å². The summed E-state index contributed by atoms with van der Waals surface area (Å²) in [6.45, 7) is 29.6. The van der Waals surface area contributed by atoms with Crippen LogP contribution in [0.1, 0.15) is 87.2 Å². The number of anilines is 6. The van der Waals surface area contributed by atoms with Crippen molar-refractivity contribution in [3.8, 4) is 0 Å². The van der Waals surface area contributed by atoms with Gasteiger partial charge in [0.15, 0.2) is 0 Å². The summed E-state index contributed by atoms with van der Waals surface area (Å²) < 4.78 is 0. The number of nitrogens with zero attached hydrogens (tertiary/aromatic N) is 2. The Morgan fingerprint density at radius 2 is 0.543 bits per heavy atom. The third kappa shape index (κ3) is 9.43. The summed E-state index contributed by atoms with van der Waals surface area (Å²) in [6, 6.07) is 54.4. The zero-order valence-electron chi connectivity index (χ0n) is 44.8. The third-order valence-corrected chi connectivity index (χ3v) is 24.7. The van der Waals surface area contributed by atoms with Gasteiger partial charge < -0.3 is 9.80 Å². The monoisotopic (exact) mass is 989 g/mol. The Bertz CT molecular complexity index is 2790. The second kappa shape index (κ2) is 18.7. The van der Waals surface area contributed by atoms with Gasteiger partial charge in [0.2, 0.25) is 0 Å². The molecule has 2 fully saturated rings. The largest absolute Gasteiger partial charge is 0.310 e. The minimum absolute atomic E-state index is 0.533. The molecule has 362 valence electrons. The van der Waals surface area contributed by atoms with Crippen molar-refractivity contribution in [2.45, 2.75) is 155 Å². The first-order valence-electron chi connectivity index (χ1n) is 27.1. The highest BCUT2D eigenvalue weighted by Gasteiger charge is 2.31. The average Bonchev–Trinajstić information content (AvgIpc) is 3.34. The van der Waals surface area contributed by atoms with Crippen molar-refractivity contribution in [1.82, 2.24) is 0 Å². The van der Waals surface area contributed by atoms with E-state index in [1.54, 1.807) is 11.1 Å². The number of rotatable bonds is 12. The van der Waals surface area contributed by atoms with Gasteiger partial charge in [-0.15, -0.1) is 0 Å². The highest BCUT2D eigenvalue weighted by molar-refractivity contribution is 6.90. The fourth-order valence-electron chi connectivity index (χ4n) is 12.2. The molecule has 6 heteroatoms. The Morgan fingerprint density at radius 3 is 0.786 bits per heavy atom. The predicted octanol–water partition coefficient (Wildman–Crippen LogP) is 17.8. The Balaban J connectivity index is 1.31. The van der Waals surface area contributed by atoms with Crippen LogP contribution in [0.4, 0.5) is 34.1 Å². The maximum absolute atomic E-state index is 2.66. The molecular formula is C64H80N2Si4. The first kappa shape index (κ1) is 48.9. The fourth-order valence-corrected chi connectivity index (χ4v) is 16.8. The minimum atomic E-state index is -1.52. The molecule has 0 unspecified atom stereocenters. The van der Waals surface area contributed by atoms with Crippen LogP contribution < -0.4 is 30.5 Å². The summed E-state index contributed by atoms with van der Waals surface area (Å²) in [6.07, 6.45) is 12.9. The van der Waals surface area contributed by atoms with Gasteiger partial charge in [-0.05, 0) is 131 Å². The molecule has 0 aromatic heterocycles. The van der Waals surface area contributed by atoms with Crippen molar-refractivity contribution in [2.75, 3.05) is 9.80 Å². The first-order chi connectivity index (χ1) is 33.3. The van der Waals surface area contributed by atoms with E-state index in [0.29, 0.717) is 11.8 Å². The van der Waals surface area contributed by atoms with Gasteiger partial charge in [-0.2, -0.15) is 0 Å². The lowest BCUT2D eigenvalue weighted by molar-refractivity contribution is 0.445. The van der Waals surface area contributed by atoms with Crippen molar-refractivity contribution in [3.63, 3.8) is 0 Å². The van der Waals surface area contributed by atoms with Gasteiger partial charge in [-0.3, -0.25) is 0 Å². The molecule has 8 aromatic carbocycles. The summed E-state index contributed by atoms with van der Waals surface area (Å²) in [4.78, 5) is 5.27. The van der Waals surface area contributed by atoms with E-state index in [2.05, 4.69) is 222 Å². The number of hydrogen-bond donors (Lipinski definition) is 0. The molecule has 0 saturated heterocycles. The first-order valence-corrected chi connectivity index (χ1v) is 41.1. The van der Waals surface area contributed by atoms with E-state index in [4.69, 9.17) is 0 Å². The molecule has 0 radical (unpaired) electrons. The van der Waals surface area contributed by atoms with Gasteiger partial charge in [0.05, 0.1) is 43.7 Å². The molecule has 8 aromatic rings. The van der Waals surface area contributed by atoms with Gasteiger partial charge in [-0.1, -0.05) is 211 Å². The third-order valence-electron chi connectivity index (χ3n) is 16.5. The number of hydrogen-bond acceptors (Lipinski definition) is 2. The Kier molecular flexibility index (Phi) is 13.1. The van der Waals surface area contributed by atoms with Crippen LogP contribution in [0.15, 0.2) is 133 Å². The molecule has 10 rings (SSSR count). The zero-order valence-corrected chi connectivity index (χ0v) is 48.8. The van der Waals surface area contributed by atoms with E-state index >= 15 is 0 Å². The summed E-state index contributed by atoms with van der Waals surface area (Å²) >= 11 is 0. The van der Waals surface area contributed by atoms with Crippen molar-refractivity contribution < 1.29 is 0 Å². The van der Waals surface area contributed by atoms with Crippen LogP contribution in [0.5, 0.6) is 0 Å². The van der Waals surface area contributed by atoms with Crippen LogP contribution >= 0.6 is 0 Å². The van der Waals surface area contributed by atoms with E-state index in [9.17, 15) is 0 Å². The van der Waals surface area contributed by atoms with E-state index in [1.807, 2.05) is 0 Å². The van der Waals surface area contributed by atoms with E-state index < -0.39 is 32.3 Å². The van der Waals surface area contributed by atoms with E-state index in [0.717, 1.165) is 0 Å². The predicted molar refractivity (Wildman–Crippen MR) is 323 cm³/mol. The van der Waals surface area contributed by atoms with Crippen LogP contribution in [0.3, 0.4) is 0 Å². The molecule has 2 aliphatic rings. The Morgan fingerprint density at radius 1 is 0.300 bits per heavy atom. The molecule has 0 bridgehead atoms. The molecule has 0 heterocycles. The lowest BCUT2D eigenvalue weighted by Crippen LogP contribution is -2.37. The summed E-state index contributed by atoms with van der Waals surface area (Å²) in [5.74, 6) is 1.07. The average molecular weight is 990 g/mol. The summed E-state index contributed by atoms with van der Waals surface area (Å²) in [5, 5.41) is 14.6. The second-order valence-corrected chi connectivity index (χ2v) is 45.9. The SMILES string of the molecule is C[Si](C)(C)c1ccc(N(c2ccc([Si](C)(C)C)cc2)c2cc(C3CCCCC3)c3ccc4c(N(c5ccc([Si](C)(C)C)cc5)c5ccc([Si](C)(C)C)cc5)cc(C5CCCCC5)c5ccc2c3c54)cc1. The van der Waals surface area contributed by atoms with Crippen LogP contribution in [0.2, 0.25) is 78.6 Å². The van der Waals surface area contributed by atoms with Gasteiger partial charge >= 0.3 is 0 Å². The zero-order chi connectivity index (χ0) is 49.3. The minimum Gasteiger partial charge on any atom is -0.310 e. The molecule has 0 amide bonds. The molecule has 0 N–H and O–H groups in total. The quantitative estimate of drug-likeness (QED) is 0.0889. The smallest absolute Gasteiger partial charge is 0.0775 e. The van der Waals surface area contributed by atoms with Crippen LogP contribution in [0.25, 0.3) is 32.3 Å². The maximum Gasteiger partial charge on any atom is 0.0775 e. The topological polar surface area (TPSA) is 6.48 Å². The molecule has 2 nitrogen and oxygen atoms in total. The van der Waals surface area contributed by atoms with Crippen LogP contribution in [0, 0.1) is 0 Å². The Labute approximate surface area is 425 Å². The van der Waals surface area contributed by atoms with Gasteiger partial charge in [0.1, 0.15) is 0 Å². The Hall–Kier alpha value is -4.73. The molecule has 2 aliphatic carbocycles. The molecule has 0 atom stereocenters. The summed E-state index contributed by atoms with van der Waals surface area (Å²) in [7, 11) is -6.08. The van der Waals surface area contributed by atoms with Gasteiger partial charge in [-0.25, -0.2) is 0 Å². The number of benzene rings is 8.